The molecular weight excluding hydrogens is 242 g/mol. The third kappa shape index (κ3) is 2.24. The summed E-state index contributed by atoms with van der Waals surface area (Å²) in [5.74, 6) is -0.316. The van der Waals surface area contributed by atoms with Crippen molar-refractivity contribution in [1.82, 2.24) is 15.0 Å². The number of aromatic nitrogens is 2. The lowest BCUT2D eigenvalue weighted by Gasteiger charge is -2.02. The Bertz CT molecular complexity index is 600. The highest BCUT2D eigenvalue weighted by Crippen LogP contribution is 2.15. The van der Waals surface area contributed by atoms with Crippen LogP contribution >= 0.6 is 11.6 Å². The van der Waals surface area contributed by atoms with Gasteiger partial charge in [0.05, 0.1) is 24.3 Å². The molecule has 6 heteroatoms. The standard InChI is InChI=1S/C11H9ClN3O2/c1-15(17-2)11(16)7-3-4-8-9(5-7)14-10(12)6-13-8/h3-6H,2H2,1H3/q+1. The molecule has 0 aliphatic carbocycles. The minimum atomic E-state index is -0.316. The minimum Gasteiger partial charge on any atom is -0.260 e. The molecule has 1 amide bonds. The number of hydrogen-bond acceptors (Lipinski definition) is 3. The maximum Gasteiger partial charge on any atom is 0.336 e. The molecule has 86 valence electrons. The molecule has 17 heavy (non-hydrogen) atoms. The predicted octanol–water partition coefficient (Wildman–Crippen LogP) is 1.63. The first-order valence-corrected chi connectivity index (χ1v) is 5.12. The summed E-state index contributed by atoms with van der Waals surface area (Å²) >= 11 is 5.74. The molecule has 2 aromatic rings. The first kappa shape index (κ1) is 11.5. The monoisotopic (exact) mass is 250 g/mol. The number of hydrogen-bond donors (Lipinski definition) is 0. The number of hydroxylamine groups is 2. The summed E-state index contributed by atoms with van der Waals surface area (Å²) in [7, 11) is 1.48. The van der Waals surface area contributed by atoms with Crippen LogP contribution in [0, 0.1) is 0 Å². The van der Waals surface area contributed by atoms with E-state index in [2.05, 4.69) is 21.3 Å². The summed E-state index contributed by atoms with van der Waals surface area (Å²) in [5.41, 5.74) is 1.66. The third-order valence-electron chi connectivity index (χ3n) is 2.24. The van der Waals surface area contributed by atoms with E-state index < -0.39 is 0 Å². The molecule has 0 atom stereocenters. The van der Waals surface area contributed by atoms with Crippen LogP contribution in [0.2, 0.25) is 5.15 Å². The molecular formula is C11H9ClN3O2+. The molecule has 1 aromatic heterocycles. The van der Waals surface area contributed by atoms with Gasteiger partial charge in [-0.15, -0.1) is 4.53 Å². The first-order chi connectivity index (χ1) is 8.11. The van der Waals surface area contributed by atoms with Crippen molar-refractivity contribution in [1.29, 1.82) is 0 Å². The van der Waals surface area contributed by atoms with E-state index in [0.717, 1.165) is 5.06 Å². The SMILES string of the molecule is C=[O+]N(C)C(=O)c1ccc2ncc(Cl)nc2c1. The van der Waals surface area contributed by atoms with Crippen molar-refractivity contribution in [2.24, 2.45) is 0 Å². The second-order valence-electron chi connectivity index (χ2n) is 3.33. The number of fused-ring (bicyclic) bond motifs is 1. The lowest BCUT2D eigenvalue weighted by Crippen LogP contribution is -2.23. The lowest BCUT2D eigenvalue weighted by molar-refractivity contribution is -0.605. The Morgan fingerprint density at radius 1 is 1.47 bits per heavy atom. The maximum atomic E-state index is 11.8. The molecule has 0 saturated heterocycles. The first-order valence-electron chi connectivity index (χ1n) is 4.74. The van der Waals surface area contributed by atoms with E-state index in [1.165, 1.54) is 13.2 Å². The van der Waals surface area contributed by atoms with E-state index in [9.17, 15) is 4.79 Å². The summed E-state index contributed by atoms with van der Waals surface area (Å²) in [6.45, 7) is 3.16. The second-order valence-corrected chi connectivity index (χ2v) is 3.72. The zero-order valence-corrected chi connectivity index (χ0v) is 9.81. The highest BCUT2D eigenvalue weighted by Gasteiger charge is 2.18. The number of rotatable bonds is 2. The molecule has 0 spiro atoms. The van der Waals surface area contributed by atoms with E-state index in [-0.39, 0.29) is 11.1 Å². The Hall–Kier alpha value is -2.01. The quantitative estimate of drug-likeness (QED) is 0.601. The van der Waals surface area contributed by atoms with Crippen LogP contribution in [0.3, 0.4) is 0 Å². The Morgan fingerprint density at radius 2 is 2.24 bits per heavy atom. The van der Waals surface area contributed by atoms with Crippen LogP contribution in [0.1, 0.15) is 10.4 Å². The van der Waals surface area contributed by atoms with Crippen LogP contribution in [-0.4, -0.2) is 34.8 Å². The van der Waals surface area contributed by atoms with Gasteiger partial charge in [-0.2, -0.15) is 0 Å². The Morgan fingerprint density at radius 3 is 2.94 bits per heavy atom. The predicted molar refractivity (Wildman–Crippen MR) is 63.8 cm³/mol. The zero-order chi connectivity index (χ0) is 12.4. The van der Waals surface area contributed by atoms with Crippen LogP contribution in [0.15, 0.2) is 24.4 Å². The fourth-order valence-electron chi connectivity index (χ4n) is 1.36. The molecule has 0 bridgehead atoms. The number of carbonyl (C=O) groups excluding carboxylic acids is 2. The number of carbonyl (C=O) groups is 1. The van der Waals surface area contributed by atoms with Gasteiger partial charge < -0.3 is 0 Å². The maximum absolute atomic E-state index is 11.8. The summed E-state index contributed by atoms with van der Waals surface area (Å²) in [4.78, 5) is 19.9. The van der Waals surface area contributed by atoms with Crippen molar-refractivity contribution in [3.05, 3.63) is 35.1 Å². The largest absolute Gasteiger partial charge is 0.336 e. The topological polar surface area (TPSA) is 57.4 Å². The fourth-order valence-corrected chi connectivity index (χ4v) is 1.50. The summed E-state index contributed by atoms with van der Waals surface area (Å²) in [5, 5.41) is 1.31. The van der Waals surface area contributed by atoms with Gasteiger partial charge in [0.25, 0.3) is 0 Å². The van der Waals surface area contributed by atoms with Crippen molar-refractivity contribution in [2.75, 3.05) is 7.05 Å². The van der Waals surface area contributed by atoms with Crippen molar-refractivity contribution in [2.45, 2.75) is 0 Å². The van der Waals surface area contributed by atoms with E-state index in [1.54, 1.807) is 18.2 Å². The average molecular weight is 251 g/mol. The van der Waals surface area contributed by atoms with Gasteiger partial charge in [-0.05, 0) is 18.2 Å². The minimum absolute atomic E-state index is 0.281. The average Bonchev–Trinajstić information content (AvgIpc) is 2.36. The highest BCUT2D eigenvalue weighted by molar-refractivity contribution is 6.29. The number of halogens is 1. The van der Waals surface area contributed by atoms with Gasteiger partial charge in [0.2, 0.25) is 0 Å². The second kappa shape index (κ2) is 4.47. The summed E-state index contributed by atoms with van der Waals surface area (Å²) < 4.78 is 4.57. The molecule has 2 rings (SSSR count). The van der Waals surface area contributed by atoms with Gasteiger partial charge >= 0.3 is 12.7 Å². The van der Waals surface area contributed by atoms with Crippen LogP contribution in [-0.2, 0) is 4.53 Å². The number of amides is 1. The molecule has 0 fully saturated rings. The van der Waals surface area contributed by atoms with E-state index >= 15 is 0 Å². The number of nitrogens with zero attached hydrogens (tertiary/aromatic N) is 3. The normalized spacial score (nSPS) is 10.2. The number of benzene rings is 1. The summed E-state index contributed by atoms with van der Waals surface area (Å²) in [6.07, 6.45) is 1.45. The van der Waals surface area contributed by atoms with Crippen molar-refractivity contribution in [3.63, 3.8) is 0 Å². The van der Waals surface area contributed by atoms with Crippen LogP contribution in [0.25, 0.3) is 11.0 Å². The molecule has 0 aliphatic rings. The molecule has 0 aliphatic heterocycles. The van der Waals surface area contributed by atoms with Crippen molar-refractivity contribution >= 4 is 35.3 Å². The van der Waals surface area contributed by atoms with Gasteiger partial charge in [-0.25, -0.2) is 4.98 Å². The lowest BCUT2D eigenvalue weighted by atomic mass is 10.2. The van der Waals surface area contributed by atoms with Crippen LogP contribution in [0.5, 0.6) is 0 Å². The molecule has 0 saturated carbocycles. The van der Waals surface area contributed by atoms with Gasteiger partial charge in [0.1, 0.15) is 5.15 Å². The van der Waals surface area contributed by atoms with Crippen molar-refractivity contribution < 1.29 is 9.32 Å². The molecule has 1 heterocycles. The zero-order valence-electron chi connectivity index (χ0n) is 9.05. The Balaban J connectivity index is 2.50. The Kier molecular flexibility index (Phi) is 3.01. The Labute approximate surface area is 102 Å². The smallest absolute Gasteiger partial charge is 0.260 e. The van der Waals surface area contributed by atoms with Crippen LogP contribution in [0.4, 0.5) is 0 Å². The van der Waals surface area contributed by atoms with Gasteiger partial charge in [-0.1, -0.05) is 11.6 Å². The van der Waals surface area contributed by atoms with Gasteiger partial charge in [0.15, 0.2) is 0 Å². The molecule has 0 N–H and O–H groups in total. The molecule has 0 radical (unpaired) electrons. The van der Waals surface area contributed by atoms with E-state index in [4.69, 9.17) is 11.6 Å². The van der Waals surface area contributed by atoms with Crippen LogP contribution < -0.4 is 0 Å². The fraction of sp³-hybridized carbons (Fsp3) is 0.0909. The molecule has 1 aromatic carbocycles. The van der Waals surface area contributed by atoms with Crippen molar-refractivity contribution in [3.8, 4) is 0 Å². The van der Waals surface area contributed by atoms with E-state index in [0.29, 0.717) is 16.6 Å². The molecule has 5 nitrogen and oxygen atoms in total. The summed E-state index contributed by atoms with van der Waals surface area (Å²) in [6, 6.07) is 4.94. The van der Waals surface area contributed by atoms with Gasteiger partial charge in [-0.3, -0.25) is 9.78 Å². The van der Waals surface area contributed by atoms with Gasteiger partial charge in [0, 0.05) is 10.6 Å². The molecule has 0 unspecified atom stereocenters. The third-order valence-corrected chi connectivity index (χ3v) is 2.42. The highest BCUT2D eigenvalue weighted by atomic mass is 35.5. The van der Waals surface area contributed by atoms with E-state index in [1.807, 2.05) is 0 Å².